The molecule has 0 radical (unpaired) electrons. The highest BCUT2D eigenvalue weighted by Crippen LogP contribution is 2.34. The van der Waals surface area contributed by atoms with Crippen molar-refractivity contribution in [3.05, 3.63) is 18.3 Å². The second kappa shape index (κ2) is 4.29. The molecule has 88 valence electrons. The topological polar surface area (TPSA) is 45.6 Å². The van der Waals surface area contributed by atoms with Crippen LogP contribution in [-0.2, 0) is 0 Å². The lowest BCUT2D eigenvalue weighted by Crippen LogP contribution is -2.62. The normalized spacial score (nSPS) is 18.1. The minimum absolute atomic E-state index is 0.530. The number of ether oxygens (including phenoxy) is 1. The predicted octanol–water partition coefficient (Wildman–Crippen LogP) is 1.44. The maximum Gasteiger partial charge on any atom is 0.171 e. The average molecular weight is 222 g/mol. The molecule has 0 aromatic carbocycles. The summed E-state index contributed by atoms with van der Waals surface area (Å²) in [6.45, 7) is 3.38. The van der Waals surface area contributed by atoms with Gasteiger partial charge in [-0.05, 0) is 18.6 Å². The molecule has 0 atom stereocenters. The lowest BCUT2D eigenvalue weighted by Gasteiger charge is -2.47. The third kappa shape index (κ3) is 1.97. The molecule has 0 saturated carbocycles. The molecule has 16 heavy (non-hydrogen) atoms. The van der Waals surface area contributed by atoms with Crippen molar-refractivity contribution in [3.8, 4) is 5.75 Å². The molecule has 1 aliphatic heterocycles. The van der Waals surface area contributed by atoms with Crippen molar-refractivity contribution in [2.45, 2.75) is 25.4 Å². The Morgan fingerprint density at radius 2 is 2.31 bits per heavy atom. The molecule has 1 aromatic heterocycles. The van der Waals surface area contributed by atoms with Crippen LogP contribution in [0.2, 0.25) is 0 Å². The van der Waals surface area contributed by atoms with Crippen molar-refractivity contribution in [2.24, 2.45) is 0 Å². The fourth-order valence-electron chi connectivity index (χ4n) is 2.22. The first kappa shape index (κ1) is 11.2. The van der Waals surface area contributed by atoms with Crippen molar-refractivity contribution >= 4 is 5.82 Å². The fraction of sp³-hybridized carbons (Fsp3) is 0.583. The standard InChI is InChI=1S/C12H18N2O2/c1-3-6-12(15)8-14(9-12)11-10(16-2)5-4-7-13-11/h4-5,7,15H,3,6,8-9H2,1-2H3. The summed E-state index contributed by atoms with van der Waals surface area (Å²) in [6, 6.07) is 3.74. The molecular formula is C12H18N2O2. The van der Waals surface area contributed by atoms with E-state index in [2.05, 4.69) is 16.8 Å². The maximum absolute atomic E-state index is 10.1. The van der Waals surface area contributed by atoms with E-state index in [1.807, 2.05) is 12.1 Å². The highest BCUT2D eigenvalue weighted by molar-refractivity contribution is 5.55. The summed E-state index contributed by atoms with van der Waals surface area (Å²) >= 11 is 0. The van der Waals surface area contributed by atoms with Crippen LogP contribution in [0.25, 0.3) is 0 Å². The van der Waals surface area contributed by atoms with Gasteiger partial charge in [0.25, 0.3) is 0 Å². The Labute approximate surface area is 95.9 Å². The van der Waals surface area contributed by atoms with Crippen LogP contribution >= 0.6 is 0 Å². The van der Waals surface area contributed by atoms with Gasteiger partial charge in [0, 0.05) is 6.20 Å². The second-order valence-corrected chi connectivity index (χ2v) is 4.36. The van der Waals surface area contributed by atoms with E-state index in [1.165, 1.54) is 0 Å². The number of nitrogens with zero attached hydrogens (tertiary/aromatic N) is 2. The number of methoxy groups -OCH3 is 1. The Hall–Kier alpha value is -1.29. The number of β-amino-alcohol motifs (C(OH)–C–C–N with tert-alkyl or cyclic N) is 1. The minimum atomic E-state index is -0.530. The van der Waals surface area contributed by atoms with Gasteiger partial charge in [0.05, 0.1) is 25.8 Å². The summed E-state index contributed by atoms with van der Waals surface area (Å²) in [4.78, 5) is 6.34. The Kier molecular flexibility index (Phi) is 3.01. The van der Waals surface area contributed by atoms with Crippen LogP contribution in [0.15, 0.2) is 18.3 Å². The summed E-state index contributed by atoms with van der Waals surface area (Å²) in [5.41, 5.74) is -0.530. The van der Waals surface area contributed by atoms with Crippen LogP contribution in [0.4, 0.5) is 5.82 Å². The van der Waals surface area contributed by atoms with E-state index in [0.29, 0.717) is 13.1 Å². The molecule has 1 fully saturated rings. The van der Waals surface area contributed by atoms with Gasteiger partial charge in [-0.3, -0.25) is 0 Å². The molecule has 0 bridgehead atoms. The third-order valence-corrected chi connectivity index (χ3v) is 2.96. The van der Waals surface area contributed by atoms with Crippen LogP contribution in [0, 0.1) is 0 Å². The number of rotatable bonds is 4. The molecule has 4 nitrogen and oxygen atoms in total. The second-order valence-electron chi connectivity index (χ2n) is 4.36. The number of anilines is 1. The van der Waals surface area contributed by atoms with Crippen LogP contribution in [0.1, 0.15) is 19.8 Å². The van der Waals surface area contributed by atoms with E-state index in [-0.39, 0.29) is 0 Å². The average Bonchev–Trinajstić information content (AvgIpc) is 2.26. The number of pyridine rings is 1. The van der Waals surface area contributed by atoms with Gasteiger partial charge in [-0.1, -0.05) is 13.3 Å². The molecule has 0 spiro atoms. The van der Waals surface area contributed by atoms with E-state index < -0.39 is 5.60 Å². The molecule has 1 N–H and O–H groups in total. The molecule has 0 unspecified atom stereocenters. The van der Waals surface area contributed by atoms with Gasteiger partial charge in [0.15, 0.2) is 11.6 Å². The zero-order valence-electron chi connectivity index (χ0n) is 9.81. The minimum Gasteiger partial charge on any atom is -0.493 e. The summed E-state index contributed by atoms with van der Waals surface area (Å²) < 4.78 is 5.24. The predicted molar refractivity (Wildman–Crippen MR) is 62.9 cm³/mol. The maximum atomic E-state index is 10.1. The molecule has 1 saturated heterocycles. The smallest absolute Gasteiger partial charge is 0.171 e. The SMILES string of the molecule is CCCC1(O)CN(c2ncccc2OC)C1. The van der Waals surface area contributed by atoms with Gasteiger partial charge in [-0.2, -0.15) is 0 Å². The quantitative estimate of drug-likeness (QED) is 0.837. The summed E-state index contributed by atoms with van der Waals surface area (Å²) in [7, 11) is 1.64. The van der Waals surface area contributed by atoms with E-state index in [0.717, 1.165) is 24.4 Å². The van der Waals surface area contributed by atoms with E-state index in [1.54, 1.807) is 13.3 Å². The molecule has 0 amide bonds. The molecule has 1 aromatic rings. The number of hydrogen-bond acceptors (Lipinski definition) is 4. The summed E-state index contributed by atoms with van der Waals surface area (Å²) in [5.74, 6) is 1.59. The van der Waals surface area contributed by atoms with Gasteiger partial charge < -0.3 is 14.7 Å². The molecule has 4 heteroatoms. The first-order valence-electron chi connectivity index (χ1n) is 5.65. The van der Waals surface area contributed by atoms with Gasteiger partial charge in [0.2, 0.25) is 0 Å². The number of aliphatic hydroxyl groups is 1. The van der Waals surface area contributed by atoms with Crippen LogP contribution < -0.4 is 9.64 Å². The molecular weight excluding hydrogens is 204 g/mol. The summed E-state index contributed by atoms with van der Waals surface area (Å²) in [6.07, 6.45) is 3.59. The molecule has 0 aliphatic carbocycles. The van der Waals surface area contributed by atoms with Crippen molar-refractivity contribution in [2.75, 3.05) is 25.1 Å². The van der Waals surface area contributed by atoms with Gasteiger partial charge in [-0.25, -0.2) is 4.98 Å². The monoisotopic (exact) mass is 222 g/mol. The number of hydrogen-bond donors (Lipinski definition) is 1. The molecule has 2 heterocycles. The number of aromatic nitrogens is 1. The Bertz CT molecular complexity index is 362. The van der Waals surface area contributed by atoms with Crippen LogP contribution in [0.5, 0.6) is 5.75 Å². The van der Waals surface area contributed by atoms with Gasteiger partial charge in [0.1, 0.15) is 0 Å². The lowest BCUT2D eigenvalue weighted by atomic mass is 9.89. The highest BCUT2D eigenvalue weighted by atomic mass is 16.5. The summed E-state index contributed by atoms with van der Waals surface area (Å²) in [5, 5.41) is 10.1. The molecule has 1 aliphatic rings. The first-order chi connectivity index (χ1) is 7.68. The van der Waals surface area contributed by atoms with Crippen molar-refractivity contribution in [1.82, 2.24) is 4.98 Å². The fourth-order valence-corrected chi connectivity index (χ4v) is 2.22. The third-order valence-electron chi connectivity index (χ3n) is 2.96. The van der Waals surface area contributed by atoms with Crippen molar-refractivity contribution in [3.63, 3.8) is 0 Å². The Balaban J connectivity index is 2.06. The van der Waals surface area contributed by atoms with E-state index >= 15 is 0 Å². The zero-order chi connectivity index (χ0) is 11.6. The first-order valence-corrected chi connectivity index (χ1v) is 5.65. The Morgan fingerprint density at radius 3 is 2.94 bits per heavy atom. The zero-order valence-corrected chi connectivity index (χ0v) is 9.81. The largest absolute Gasteiger partial charge is 0.493 e. The van der Waals surface area contributed by atoms with E-state index in [4.69, 9.17) is 4.74 Å². The highest BCUT2D eigenvalue weighted by Gasteiger charge is 2.41. The van der Waals surface area contributed by atoms with Gasteiger partial charge >= 0.3 is 0 Å². The van der Waals surface area contributed by atoms with Crippen LogP contribution in [0.3, 0.4) is 0 Å². The van der Waals surface area contributed by atoms with Gasteiger partial charge in [-0.15, -0.1) is 0 Å². The lowest BCUT2D eigenvalue weighted by molar-refractivity contribution is 0.00272. The van der Waals surface area contributed by atoms with Crippen molar-refractivity contribution < 1.29 is 9.84 Å². The van der Waals surface area contributed by atoms with Crippen molar-refractivity contribution in [1.29, 1.82) is 0 Å². The van der Waals surface area contributed by atoms with E-state index in [9.17, 15) is 5.11 Å². The molecule has 2 rings (SSSR count). The van der Waals surface area contributed by atoms with Crippen LogP contribution in [-0.4, -0.2) is 35.9 Å². The Morgan fingerprint density at radius 1 is 1.56 bits per heavy atom.